The zero-order chi connectivity index (χ0) is 12.4. The quantitative estimate of drug-likeness (QED) is 0.726. The molecule has 1 heterocycles. The van der Waals surface area contributed by atoms with Crippen molar-refractivity contribution in [1.29, 1.82) is 0 Å². The van der Waals surface area contributed by atoms with Crippen molar-refractivity contribution in [3.8, 4) is 0 Å². The van der Waals surface area contributed by atoms with Gasteiger partial charge in [0.15, 0.2) is 9.84 Å². The van der Waals surface area contributed by atoms with Crippen LogP contribution in [0.15, 0.2) is 0 Å². The average molecular weight is 270 g/mol. The number of unbranched alkanes of at least 4 members (excludes halogenated alkanes) is 1. The van der Waals surface area contributed by atoms with Gasteiger partial charge in [-0.05, 0) is 12.8 Å². The molecular formula is C8H18N2O4S2. The maximum atomic E-state index is 11.3. The molecule has 0 bridgehead atoms. The Morgan fingerprint density at radius 2 is 2.06 bits per heavy atom. The van der Waals surface area contributed by atoms with E-state index in [1.807, 2.05) is 6.92 Å². The van der Waals surface area contributed by atoms with Crippen molar-refractivity contribution in [2.75, 3.05) is 18.1 Å². The summed E-state index contributed by atoms with van der Waals surface area (Å²) in [4.78, 5) is 0. The molecule has 1 fully saturated rings. The van der Waals surface area contributed by atoms with Crippen LogP contribution in [0.25, 0.3) is 0 Å². The van der Waals surface area contributed by atoms with Crippen LogP contribution < -0.4 is 5.14 Å². The molecule has 6 nitrogen and oxygen atoms in total. The van der Waals surface area contributed by atoms with Gasteiger partial charge >= 0.3 is 0 Å². The summed E-state index contributed by atoms with van der Waals surface area (Å²) in [5.41, 5.74) is 0. The molecule has 1 rings (SSSR count). The summed E-state index contributed by atoms with van der Waals surface area (Å²) in [7, 11) is -6.89. The molecule has 16 heavy (non-hydrogen) atoms. The van der Waals surface area contributed by atoms with Crippen molar-refractivity contribution in [3.05, 3.63) is 0 Å². The lowest BCUT2D eigenvalue weighted by molar-refractivity contribution is 0.335. The smallest absolute Gasteiger partial charge is 0.229 e. The Kier molecular flexibility index (Phi) is 4.33. The van der Waals surface area contributed by atoms with Gasteiger partial charge in [-0.1, -0.05) is 13.3 Å². The van der Waals surface area contributed by atoms with Crippen LogP contribution in [-0.2, 0) is 20.0 Å². The highest BCUT2D eigenvalue weighted by Crippen LogP contribution is 2.19. The predicted molar refractivity (Wildman–Crippen MR) is 61.8 cm³/mol. The van der Waals surface area contributed by atoms with Crippen molar-refractivity contribution in [1.82, 2.24) is 4.31 Å². The van der Waals surface area contributed by atoms with Gasteiger partial charge in [-0.3, -0.25) is 0 Å². The molecule has 1 atom stereocenters. The lowest BCUT2D eigenvalue weighted by Gasteiger charge is -2.24. The summed E-state index contributed by atoms with van der Waals surface area (Å²) in [6, 6.07) is -0.480. The van der Waals surface area contributed by atoms with Crippen molar-refractivity contribution < 1.29 is 16.8 Å². The Morgan fingerprint density at radius 3 is 2.44 bits per heavy atom. The Balaban J connectivity index is 2.79. The van der Waals surface area contributed by atoms with E-state index in [2.05, 4.69) is 0 Å². The molecule has 0 radical (unpaired) electrons. The first kappa shape index (κ1) is 13.9. The first-order chi connectivity index (χ1) is 7.26. The fourth-order valence-corrected chi connectivity index (χ4v) is 4.64. The summed E-state index contributed by atoms with van der Waals surface area (Å²) in [6.07, 6.45) is 1.88. The van der Waals surface area contributed by atoms with Crippen molar-refractivity contribution in [3.63, 3.8) is 0 Å². The van der Waals surface area contributed by atoms with Crippen LogP contribution in [0.3, 0.4) is 0 Å². The van der Waals surface area contributed by atoms with E-state index in [1.165, 1.54) is 0 Å². The van der Waals surface area contributed by atoms with Crippen LogP contribution >= 0.6 is 0 Å². The zero-order valence-electron chi connectivity index (χ0n) is 9.29. The number of nitrogens with two attached hydrogens (primary N) is 1. The maximum Gasteiger partial charge on any atom is 0.277 e. The Hall–Kier alpha value is -0.180. The van der Waals surface area contributed by atoms with E-state index in [9.17, 15) is 16.8 Å². The molecule has 1 saturated heterocycles. The van der Waals surface area contributed by atoms with E-state index in [0.29, 0.717) is 19.4 Å². The van der Waals surface area contributed by atoms with Crippen LogP contribution in [0.1, 0.15) is 26.2 Å². The molecule has 0 amide bonds. The fourth-order valence-electron chi connectivity index (χ4n) is 1.83. The normalized spacial score (nSPS) is 25.1. The summed E-state index contributed by atoms with van der Waals surface area (Å²) in [5, 5.41) is 5.09. The van der Waals surface area contributed by atoms with E-state index < -0.39 is 26.1 Å². The molecule has 1 aliphatic heterocycles. The van der Waals surface area contributed by atoms with E-state index >= 15 is 0 Å². The summed E-state index contributed by atoms with van der Waals surface area (Å²) >= 11 is 0. The van der Waals surface area contributed by atoms with Gasteiger partial charge in [0, 0.05) is 12.6 Å². The van der Waals surface area contributed by atoms with E-state index in [0.717, 1.165) is 10.7 Å². The minimum Gasteiger partial charge on any atom is -0.229 e. The number of sulfone groups is 1. The second-order valence-corrected chi connectivity index (χ2v) is 7.79. The van der Waals surface area contributed by atoms with Crippen LogP contribution in [0.4, 0.5) is 0 Å². The second kappa shape index (κ2) is 4.99. The first-order valence-electron chi connectivity index (χ1n) is 5.26. The van der Waals surface area contributed by atoms with Gasteiger partial charge in [0.25, 0.3) is 10.2 Å². The molecule has 1 aliphatic rings. The van der Waals surface area contributed by atoms with Crippen LogP contribution in [0, 0.1) is 0 Å². The van der Waals surface area contributed by atoms with E-state index in [4.69, 9.17) is 5.14 Å². The van der Waals surface area contributed by atoms with Gasteiger partial charge < -0.3 is 0 Å². The molecule has 2 N–H and O–H groups in total. The Morgan fingerprint density at radius 1 is 1.44 bits per heavy atom. The number of hydrogen-bond acceptors (Lipinski definition) is 4. The van der Waals surface area contributed by atoms with Crippen LogP contribution in [0.5, 0.6) is 0 Å². The topological polar surface area (TPSA) is 97.5 Å². The highest BCUT2D eigenvalue weighted by molar-refractivity contribution is 7.91. The number of hydrogen-bond donors (Lipinski definition) is 1. The molecule has 0 aromatic heterocycles. The lowest BCUT2D eigenvalue weighted by Crippen LogP contribution is -2.45. The molecular weight excluding hydrogens is 252 g/mol. The van der Waals surface area contributed by atoms with Crippen molar-refractivity contribution in [2.45, 2.75) is 32.2 Å². The summed E-state index contributed by atoms with van der Waals surface area (Å²) in [6.45, 7) is 2.24. The third-order valence-corrected chi connectivity index (χ3v) is 5.56. The fraction of sp³-hybridized carbons (Fsp3) is 1.00. The van der Waals surface area contributed by atoms with Crippen molar-refractivity contribution in [2.24, 2.45) is 5.14 Å². The third kappa shape index (κ3) is 3.69. The van der Waals surface area contributed by atoms with Crippen LogP contribution in [0.2, 0.25) is 0 Å². The second-order valence-electron chi connectivity index (χ2n) is 4.07. The zero-order valence-corrected chi connectivity index (χ0v) is 10.9. The third-order valence-electron chi connectivity index (χ3n) is 2.67. The van der Waals surface area contributed by atoms with E-state index in [1.54, 1.807) is 0 Å². The van der Waals surface area contributed by atoms with Gasteiger partial charge in [-0.25, -0.2) is 13.6 Å². The average Bonchev–Trinajstić information content (AvgIpc) is 2.44. The molecule has 8 heteroatoms. The molecule has 0 aromatic carbocycles. The number of nitrogens with zero attached hydrogens (tertiary/aromatic N) is 1. The minimum absolute atomic E-state index is 0.0514. The maximum absolute atomic E-state index is 11.3. The molecule has 1 unspecified atom stereocenters. The van der Waals surface area contributed by atoms with Gasteiger partial charge in [0.2, 0.25) is 0 Å². The largest absolute Gasteiger partial charge is 0.277 e. The first-order valence-corrected chi connectivity index (χ1v) is 8.58. The van der Waals surface area contributed by atoms with Crippen LogP contribution in [-0.4, -0.2) is 45.2 Å². The molecule has 96 valence electrons. The molecule has 0 aromatic rings. The highest BCUT2D eigenvalue weighted by Gasteiger charge is 2.36. The van der Waals surface area contributed by atoms with Crippen molar-refractivity contribution >= 4 is 20.0 Å². The predicted octanol–water partition coefficient (Wildman–Crippen LogP) is -0.521. The molecule has 0 aliphatic carbocycles. The lowest BCUT2D eigenvalue weighted by atomic mass is 10.2. The van der Waals surface area contributed by atoms with Gasteiger partial charge in [-0.15, -0.1) is 0 Å². The standard InChI is InChI=1S/C8H18N2O4S2/c1-2-3-5-10(16(9,13)14)8-4-6-15(11,12)7-8/h8H,2-7H2,1H3,(H2,9,13,14). The SMILES string of the molecule is CCCCN(C1CCS(=O)(=O)C1)S(N)(=O)=O. The Labute approximate surface area is 96.9 Å². The highest BCUT2D eigenvalue weighted by atomic mass is 32.2. The summed E-state index contributed by atoms with van der Waals surface area (Å²) < 4.78 is 46.4. The Bertz CT molecular complexity index is 429. The minimum atomic E-state index is -3.80. The number of rotatable bonds is 5. The molecule has 0 spiro atoms. The molecule has 0 saturated carbocycles. The monoisotopic (exact) mass is 270 g/mol. The van der Waals surface area contributed by atoms with Gasteiger partial charge in [0.05, 0.1) is 11.5 Å². The van der Waals surface area contributed by atoms with Gasteiger partial charge in [-0.2, -0.15) is 12.7 Å². The summed E-state index contributed by atoms with van der Waals surface area (Å²) in [5.74, 6) is -0.0526. The van der Waals surface area contributed by atoms with E-state index in [-0.39, 0.29) is 11.5 Å². The van der Waals surface area contributed by atoms with Gasteiger partial charge in [0.1, 0.15) is 0 Å².